The maximum atomic E-state index is 12.9. The molecule has 0 unspecified atom stereocenters. The Labute approximate surface area is 142 Å². The van der Waals surface area contributed by atoms with Crippen LogP contribution in [0.25, 0.3) is 33.2 Å². The van der Waals surface area contributed by atoms with E-state index in [0.29, 0.717) is 16.9 Å². The maximum Gasteiger partial charge on any atom is 0.196 e. The van der Waals surface area contributed by atoms with Gasteiger partial charge in [0.1, 0.15) is 5.76 Å². The predicted octanol–water partition coefficient (Wildman–Crippen LogP) is 5.28. The Balaban J connectivity index is 1.86. The van der Waals surface area contributed by atoms with Crippen LogP contribution in [0, 0.1) is 0 Å². The molecule has 0 N–H and O–H groups in total. The van der Waals surface area contributed by atoms with E-state index in [1.54, 1.807) is 17.6 Å². The van der Waals surface area contributed by atoms with Gasteiger partial charge < -0.3 is 4.42 Å². The SMILES string of the molecule is O=C1c2ccccc2-c2nc(-c3cccs3)cc(-c3ccco3)c21. The normalized spacial score (nSPS) is 12.2. The third-order valence-corrected chi connectivity index (χ3v) is 5.13. The van der Waals surface area contributed by atoms with Crippen LogP contribution in [-0.4, -0.2) is 10.8 Å². The molecule has 24 heavy (non-hydrogen) atoms. The average molecular weight is 329 g/mol. The summed E-state index contributed by atoms with van der Waals surface area (Å²) in [5, 5.41) is 2.02. The molecule has 0 amide bonds. The van der Waals surface area contributed by atoms with Crippen LogP contribution in [0.5, 0.6) is 0 Å². The molecule has 3 nitrogen and oxygen atoms in total. The molecule has 3 heterocycles. The first kappa shape index (κ1) is 13.5. The van der Waals surface area contributed by atoms with Gasteiger partial charge in [0.15, 0.2) is 5.78 Å². The number of furan rings is 1. The van der Waals surface area contributed by atoms with Crippen LogP contribution in [0.3, 0.4) is 0 Å². The highest BCUT2D eigenvalue weighted by molar-refractivity contribution is 7.13. The second-order valence-electron chi connectivity index (χ2n) is 5.61. The van der Waals surface area contributed by atoms with Crippen molar-refractivity contribution in [1.29, 1.82) is 0 Å². The van der Waals surface area contributed by atoms with Gasteiger partial charge in [-0.05, 0) is 29.6 Å². The van der Waals surface area contributed by atoms with Crippen molar-refractivity contribution in [3.63, 3.8) is 0 Å². The molecule has 0 saturated heterocycles. The lowest BCUT2D eigenvalue weighted by molar-refractivity contribution is 0.104. The summed E-state index contributed by atoms with van der Waals surface area (Å²) in [6.07, 6.45) is 1.62. The predicted molar refractivity (Wildman–Crippen MR) is 94.1 cm³/mol. The number of nitrogens with zero attached hydrogens (tertiary/aromatic N) is 1. The molecule has 5 rings (SSSR count). The first-order valence-corrected chi connectivity index (χ1v) is 8.48. The highest BCUT2D eigenvalue weighted by Gasteiger charge is 2.32. The Bertz CT molecular complexity index is 1060. The van der Waals surface area contributed by atoms with E-state index in [2.05, 4.69) is 0 Å². The second-order valence-corrected chi connectivity index (χ2v) is 6.56. The second kappa shape index (κ2) is 5.01. The first-order chi connectivity index (χ1) is 11.8. The fourth-order valence-electron chi connectivity index (χ4n) is 3.17. The average Bonchev–Trinajstić information content (AvgIpc) is 3.36. The molecule has 0 radical (unpaired) electrons. The van der Waals surface area contributed by atoms with Gasteiger partial charge in [-0.2, -0.15) is 0 Å². The van der Waals surface area contributed by atoms with Crippen LogP contribution in [0.2, 0.25) is 0 Å². The molecule has 4 heteroatoms. The Hall–Kier alpha value is -2.98. The van der Waals surface area contributed by atoms with Gasteiger partial charge in [-0.15, -0.1) is 11.3 Å². The van der Waals surface area contributed by atoms with Gasteiger partial charge >= 0.3 is 0 Å². The zero-order valence-corrected chi connectivity index (χ0v) is 13.3. The number of hydrogen-bond donors (Lipinski definition) is 0. The van der Waals surface area contributed by atoms with Crippen molar-refractivity contribution in [2.45, 2.75) is 0 Å². The van der Waals surface area contributed by atoms with Crippen LogP contribution in [-0.2, 0) is 0 Å². The number of rotatable bonds is 2. The van der Waals surface area contributed by atoms with Crippen molar-refractivity contribution >= 4 is 17.1 Å². The largest absolute Gasteiger partial charge is 0.464 e. The monoisotopic (exact) mass is 329 g/mol. The first-order valence-electron chi connectivity index (χ1n) is 7.60. The number of ketones is 1. The fourth-order valence-corrected chi connectivity index (χ4v) is 3.85. The lowest BCUT2D eigenvalue weighted by Gasteiger charge is -2.08. The van der Waals surface area contributed by atoms with Gasteiger partial charge in [0, 0.05) is 16.7 Å². The molecule has 0 spiro atoms. The van der Waals surface area contributed by atoms with Crippen LogP contribution in [0.4, 0.5) is 0 Å². The zero-order chi connectivity index (χ0) is 16.1. The number of hydrogen-bond acceptors (Lipinski definition) is 4. The van der Waals surface area contributed by atoms with Gasteiger partial charge in [0.25, 0.3) is 0 Å². The van der Waals surface area contributed by atoms with E-state index in [0.717, 1.165) is 27.4 Å². The summed E-state index contributed by atoms with van der Waals surface area (Å²) in [5.74, 6) is 0.699. The fraction of sp³-hybridized carbons (Fsp3) is 0. The smallest absolute Gasteiger partial charge is 0.196 e. The molecule has 1 aliphatic carbocycles. The van der Waals surface area contributed by atoms with E-state index < -0.39 is 0 Å². The van der Waals surface area contributed by atoms with Gasteiger partial charge in [-0.3, -0.25) is 4.79 Å². The van der Waals surface area contributed by atoms with Crippen LogP contribution < -0.4 is 0 Å². The Kier molecular flexibility index (Phi) is 2.81. The third kappa shape index (κ3) is 1.83. The summed E-state index contributed by atoms with van der Waals surface area (Å²) in [7, 11) is 0. The van der Waals surface area contributed by atoms with Crippen molar-refractivity contribution in [3.8, 4) is 33.2 Å². The van der Waals surface area contributed by atoms with E-state index in [-0.39, 0.29) is 5.78 Å². The molecule has 3 aromatic heterocycles. The lowest BCUT2D eigenvalue weighted by Crippen LogP contribution is -1.99. The number of pyridine rings is 1. The number of aromatic nitrogens is 1. The number of benzene rings is 1. The van der Waals surface area contributed by atoms with E-state index in [9.17, 15) is 4.79 Å². The quantitative estimate of drug-likeness (QED) is 0.442. The van der Waals surface area contributed by atoms with E-state index in [4.69, 9.17) is 9.40 Å². The molecule has 114 valence electrons. The molecule has 0 atom stereocenters. The number of fused-ring (bicyclic) bond motifs is 3. The lowest BCUT2D eigenvalue weighted by atomic mass is 10.0. The topological polar surface area (TPSA) is 43.1 Å². The van der Waals surface area contributed by atoms with Crippen LogP contribution >= 0.6 is 11.3 Å². The van der Waals surface area contributed by atoms with Crippen LogP contribution in [0.15, 0.2) is 70.7 Å². The maximum absolute atomic E-state index is 12.9. The molecular weight excluding hydrogens is 318 g/mol. The summed E-state index contributed by atoms with van der Waals surface area (Å²) in [6, 6.07) is 17.3. The Morgan fingerprint density at radius 3 is 2.54 bits per heavy atom. The van der Waals surface area contributed by atoms with Crippen molar-refractivity contribution in [3.05, 3.63) is 77.4 Å². The summed E-state index contributed by atoms with van der Waals surface area (Å²) >= 11 is 1.63. The molecule has 0 aliphatic heterocycles. The molecule has 0 bridgehead atoms. The number of thiophene rings is 1. The molecular formula is C20H11NO2S. The Morgan fingerprint density at radius 2 is 1.79 bits per heavy atom. The number of carbonyl (C=O) groups excluding carboxylic acids is 1. The highest BCUT2D eigenvalue weighted by Crippen LogP contribution is 2.42. The summed E-state index contributed by atoms with van der Waals surface area (Å²) < 4.78 is 5.59. The third-order valence-electron chi connectivity index (χ3n) is 4.23. The van der Waals surface area contributed by atoms with Gasteiger partial charge in [-0.25, -0.2) is 4.98 Å². The molecule has 4 aromatic rings. The highest BCUT2D eigenvalue weighted by atomic mass is 32.1. The van der Waals surface area contributed by atoms with Crippen molar-refractivity contribution in [2.24, 2.45) is 0 Å². The van der Waals surface area contributed by atoms with Crippen molar-refractivity contribution in [2.75, 3.05) is 0 Å². The van der Waals surface area contributed by atoms with Crippen molar-refractivity contribution < 1.29 is 9.21 Å². The van der Waals surface area contributed by atoms with Crippen molar-refractivity contribution in [1.82, 2.24) is 4.98 Å². The molecule has 0 fully saturated rings. The Morgan fingerprint density at radius 1 is 0.917 bits per heavy atom. The summed E-state index contributed by atoms with van der Waals surface area (Å²) in [4.78, 5) is 18.8. The van der Waals surface area contributed by atoms with Gasteiger partial charge in [-0.1, -0.05) is 30.3 Å². The van der Waals surface area contributed by atoms with Gasteiger partial charge in [0.05, 0.1) is 28.1 Å². The standard InChI is InChI=1S/C20H11NO2S/c22-20-13-6-2-1-5-12(13)19-18(20)14(16-7-3-9-23-16)11-15(21-19)17-8-4-10-24-17/h1-11H. The summed E-state index contributed by atoms with van der Waals surface area (Å²) in [6.45, 7) is 0. The minimum absolute atomic E-state index is 0.0113. The van der Waals surface area contributed by atoms with Crippen LogP contribution in [0.1, 0.15) is 15.9 Å². The minimum atomic E-state index is 0.0113. The minimum Gasteiger partial charge on any atom is -0.464 e. The number of carbonyl (C=O) groups is 1. The van der Waals surface area contributed by atoms with E-state index in [1.165, 1.54) is 0 Å². The zero-order valence-electron chi connectivity index (χ0n) is 12.5. The molecule has 1 aromatic carbocycles. The van der Waals surface area contributed by atoms with E-state index >= 15 is 0 Å². The summed E-state index contributed by atoms with van der Waals surface area (Å²) in [5.41, 5.74) is 4.63. The molecule has 1 aliphatic rings. The molecule has 0 saturated carbocycles. The van der Waals surface area contributed by atoms with Gasteiger partial charge in [0.2, 0.25) is 0 Å². The van der Waals surface area contributed by atoms with E-state index in [1.807, 2.05) is 60.0 Å².